The predicted octanol–water partition coefficient (Wildman–Crippen LogP) is 1.39. The van der Waals surface area contributed by atoms with Crippen molar-refractivity contribution in [2.24, 2.45) is 0 Å². The minimum absolute atomic E-state index is 0.0123. The van der Waals surface area contributed by atoms with Crippen molar-refractivity contribution in [2.45, 2.75) is 18.9 Å². The Labute approximate surface area is 97.6 Å². The third kappa shape index (κ3) is 1.63. The second-order valence-corrected chi connectivity index (χ2v) is 4.34. The SMILES string of the molecule is O=c1[nH]c2cccc(O)c2n1C1CCCOC1. The van der Waals surface area contributed by atoms with E-state index in [1.165, 1.54) is 0 Å². The summed E-state index contributed by atoms with van der Waals surface area (Å²) in [7, 11) is 0. The zero-order valence-electron chi connectivity index (χ0n) is 9.35. The van der Waals surface area contributed by atoms with Crippen molar-refractivity contribution in [1.82, 2.24) is 9.55 Å². The van der Waals surface area contributed by atoms with Crippen LogP contribution in [0.15, 0.2) is 23.0 Å². The number of phenols is 1. The van der Waals surface area contributed by atoms with Gasteiger partial charge in [-0.2, -0.15) is 0 Å². The molecule has 0 aliphatic carbocycles. The highest BCUT2D eigenvalue weighted by Gasteiger charge is 2.21. The Bertz CT molecular complexity index is 593. The van der Waals surface area contributed by atoms with Crippen LogP contribution in [0.5, 0.6) is 5.75 Å². The third-order valence-electron chi connectivity index (χ3n) is 3.22. The van der Waals surface area contributed by atoms with Crippen LogP contribution >= 0.6 is 0 Å². The molecule has 90 valence electrons. The summed E-state index contributed by atoms with van der Waals surface area (Å²) in [5.41, 5.74) is 1.06. The van der Waals surface area contributed by atoms with E-state index in [2.05, 4.69) is 4.98 Å². The van der Waals surface area contributed by atoms with E-state index in [-0.39, 0.29) is 17.5 Å². The van der Waals surface area contributed by atoms with E-state index in [9.17, 15) is 9.90 Å². The lowest BCUT2D eigenvalue weighted by atomic mass is 10.1. The molecule has 5 heteroatoms. The topological polar surface area (TPSA) is 67.2 Å². The van der Waals surface area contributed by atoms with Gasteiger partial charge in [0.2, 0.25) is 0 Å². The van der Waals surface area contributed by atoms with E-state index < -0.39 is 0 Å². The van der Waals surface area contributed by atoms with Gasteiger partial charge in [-0.15, -0.1) is 0 Å². The molecule has 1 fully saturated rings. The highest BCUT2D eigenvalue weighted by Crippen LogP contribution is 2.27. The van der Waals surface area contributed by atoms with E-state index in [1.54, 1.807) is 22.8 Å². The first-order valence-corrected chi connectivity index (χ1v) is 5.77. The van der Waals surface area contributed by atoms with Crippen molar-refractivity contribution in [3.8, 4) is 5.75 Å². The number of ether oxygens (including phenoxy) is 1. The van der Waals surface area contributed by atoms with E-state index in [1.807, 2.05) is 0 Å². The predicted molar refractivity (Wildman–Crippen MR) is 63.3 cm³/mol. The Morgan fingerprint density at radius 2 is 2.35 bits per heavy atom. The maximum Gasteiger partial charge on any atom is 0.326 e. The molecule has 0 bridgehead atoms. The second-order valence-electron chi connectivity index (χ2n) is 4.34. The lowest BCUT2D eigenvalue weighted by Gasteiger charge is -2.23. The fraction of sp³-hybridized carbons (Fsp3) is 0.417. The van der Waals surface area contributed by atoms with Gasteiger partial charge in [-0.3, -0.25) is 4.57 Å². The quantitative estimate of drug-likeness (QED) is 0.783. The standard InChI is InChI=1S/C12H14N2O3/c15-10-5-1-4-9-11(10)14(12(16)13-9)8-3-2-6-17-7-8/h1,4-5,8,15H,2-3,6-7H2,(H,13,16). The summed E-state index contributed by atoms with van der Waals surface area (Å²) in [6.45, 7) is 1.28. The molecule has 1 atom stereocenters. The number of para-hydroxylation sites is 1. The van der Waals surface area contributed by atoms with E-state index in [4.69, 9.17) is 4.74 Å². The van der Waals surface area contributed by atoms with Gasteiger partial charge in [0, 0.05) is 6.61 Å². The molecule has 17 heavy (non-hydrogen) atoms. The van der Waals surface area contributed by atoms with Crippen LogP contribution < -0.4 is 5.69 Å². The van der Waals surface area contributed by atoms with Crippen molar-refractivity contribution < 1.29 is 9.84 Å². The van der Waals surface area contributed by atoms with Gasteiger partial charge < -0.3 is 14.8 Å². The van der Waals surface area contributed by atoms with Gasteiger partial charge in [-0.05, 0) is 25.0 Å². The summed E-state index contributed by atoms with van der Waals surface area (Å²) < 4.78 is 7.01. The highest BCUT2D eigenvalue weighted by atomic mass is 16.5. The van der Waals surface area contributed by atoms with Crippen molar-refractivity contribution in [1.29, 1.82) is 0 Å². The number of H-pyrrole nitrogens is 1. The molecule has 0 saturated carbocycles. The molecule has 1 aliphatic heterocycles. The van der Waals surface area contributed by atoms with Gasteiger partial charge in [-0.1, -0.05) is 6.07 Å². The fourth-order valence-corrected chi connectivity index (χ4v) is 2.44. The van der Waals surface area contributed by atoms with E-state index in [0.29, 0.717) is 17.6 Å². The number of aromatic hydroxyl groups is 1. The Morgan fingerprint density at radius 1 is 1.47 bits per heavy atom. The molecule has 1 aliphatic rings. The second kappa shape index (κ2) is 3.92. The summed E-state index contributed by atoms with van der Waals surface area (Å²) in [4.78, 5) is 14.7. The van der Waals surface area contributed by atoms with E-state index in [0.717, 1.165) is 19.4 Å². The van der Waals surface area contributed by atoms with Gasteiger partial charge in [0.1, 0.15) is 11.3 Å². The average Bonchev–Trinajstić information content (AvgIpc) is 2.68. The minimum Gasteiger partial charge on any atom is -0.506 e. The number of nitrogens with zero attached hydrogens (tertiary/aromatic N) is 1. The third-order valence-corrected chi connectivity index (χ3v) is 3.22. The van der Waals surface area contributed by atoms with Gasteiger partial charge in [0.15, 0.2) is 0 Å². The minimum atomic E-state index is -0.183. The zero-order valence-corrected chi connectivity index (χ0v) is 9.35. The van der Waals surface area contributed by atoms with Crippen LogP contribution in [-0.4, -0.2) is 27.9 Å². The summed E-state index contributed by atoms with van der Waals surface area (Å²) in [5.74, 6) is 0.131. The van der Waals surface area contributed by atoms with Gasteiger partial charge >= 0.3 is 5.69 Å². The van der Waals surface area contributed by atoms with Crippen molar-refractivity contribution in [3.63, 3.8) is 0 Å². The maximum absolute atomic E-state index is 11.9. The first kappa shape index (κ1) is 10.4. The van der Waals surface area contributed by atoms with Crippen molar-refractivity contribution in [2.75, 3.05) is 13.2 Å². The summed E-state index contributed by atoms with van der Waals surface area (Å²) >= 11 is 0. The fourth-order valence-electron chi connectivity index (χ4n) is 2.44. The molecule has 1 unspecified atom stereocenters. The molecule has 1 saturated heterocycles. The van der Waals surface area contributed by atoms with Gasteiger partial charge in [0.25, 0.3) is 0 Å². The molecule has 0 spiro atoms. The number of imidazole rings is 1. The molecule has 2 aromatic rings. The Morgan fingerprint density at radius 3 is 3.12 bits per heavy atom. The summed E-state index contributed by atoms with van der Waals surface area (Å²) in [5, 5.41) is 9.88. The molecule has 5 nitrogen and oxygen atoms in total. The van der Waals surface area contributed by atoms with E-state index >= 15 is 0 Å². The number of phenolic OH excluding ortho intramolecular Hbond substituents is 1. The first-order valence-electron chi connectivity index (χ1n) is 5.77. The molecular weight excluding hydrogens is 220 g/mol. The Balaban J connectivity index is 2.20. The smallest absolute Gasteiger partial charge is 0.326 e. The molecule has 1 aromatic carbocycles. The summed E-state index contributed by atoms with van der Waals surface area (Å²) in [6, 6.07) is 5.11. The molecule has 1 aromatic heterocycles. The number of rotatable bonds is 1. The van der Waals surface area contributed by atoms with Crippen LogP contribution in [-0.2, 0) is 4.74 Å². The lowest BCUT2D eigenvalue weighted by Crippen LogP contribution is -2.28. The van der Waals surface area contributed by atoms with Crippen LogP contribution in [0, 0.1) is 0 Å². The van der Waals surface area contributed by atoms with Crippen LogP contribution in [0.25, 0.3) is 11.0 Å². The maximum atomic E-state index is 11.9. The highest BCUT2D eigenvalue weighted by molar-refractivity contribution is 5.81. The number of aromatic amines is 1. The number of hydrogen-bond acceptors (Lipinski definition) is 3. The number of aromatic nitrogens is 2. The number of hydrogen-bond donors (Lipinski definition) is 2. The van der Waals surface area contributed by atoms with Crippen LogP contribution in [0.3, 0.4) is 0 Å². The normalized spacial score (nSPS) is 20.8. The molecule has 2 heterocycles. The molecule has 2 N–H and O–H groups in total. The van der Waals surface area contributed by atoms with Gasteiger partial charge in [0.05, 0.1) is 18.2 Å². The Kier molecular flexibility index (Phi) is 2.40. The molecule has 0 radical (unpaired) electrons. The largest absolute Gasteiger partial charge is 0.506 e. The summed E-state index contributed by atoms with van der Waals surface area (Å²) in [6.07, 6.45) is 1.85. The zero-order chi connectivity index (χ0) is 11.8. The molecule has 0 amide bonds. The van der Waals surface area contributed by atoms with Crippen molar-refractivity contribution >= 4 is 11.0 Å². The van der Waals surface area contributed by atoms with Crippen LogP contribution in [0.1, 0.15) is 18.9 Å². The molecular formula is C12H14N2O3. The first-order chi connectivity index (χ1) is 8.27. The number of nitrogens with one attached hydrogen (secondary N) is 1. The van der Waals surface area contributed by atoms with Crippen molar-refractivity contribution in [3.05, 3.63) is 28.7 Å². The lowest BCUT2D eigenvalue weighted by molar-refractivity contribution is 0.0594. The van der Waals surface area contributed by atoms with Crippen LogP contribution in [0.4, 0.5) is 0 Å². The monoisotopic (exact) mass is 234 g/mol. The van der Waals surface area contributed by atoms with Crippen LogP contribution in [0.2, 0.25) is 0 Å². The number of benzene rings is 1. The average molecular weight is 234 g/mol. The Hall–Kier alpha value is -1.75. The molecule has 3 rings (SSSR count). The van der Waals surface area contributed by atoms with Gasteiger partial charge in [-0.25, -0.2) is 4.79 Å². The number of fused-ring (bicyclic) bond motifs is 1.